The standard InChI is InChI=1S/C23H38N4O/c1-4-13-27-14-11-21(12-15-27)26-23(24-3)25-17-20-6-5-16-28-22(20)19-9-7-18(2)8-10-19/h7-10,20-22H,4-6,11-17H2,1-3H3,(H2,24,25,26). The number of hydrogen-bond acceptors (Lipinski definition) is 3. The van der Waals surface area contributed by atoms with Crippen molar-refractivity contribution in [2.24, 2.45) is 10.9 Å². The van der Waals surface area contributed by atoms with Gasteiger partial charge in [-0.25, -0.2) is 0 Å². The highest BCUT2D eigenvalue weighted by molar-refractivity contribution is 5.80. The van der Waals surface area contributed by atoms with E-state index in [0.29, 0.717) is 12.0 Å². The molecular weight excluding hydrogens is 348 g/mol. The lowest BCUT2D eigenvalue weighted by atomic mass is 9.89. The van der Waals surface area contributed by atoms with Crippen LogP contribution >= 0.6 is 0 Å². The maximum Gasteiger partial charge on any atom is 0.191 e. The first-order valence-electron chi connectivity index (χ1n) is 11.1. The monoisotopic (exact) mass is 386 g/mol. The van der Waals surface area contributed by atoms with Gasteiger partial charge in [0.2, 0.25) is 0 Å². The van der Waals surface area contributed by atoms with E-state index in [1.807, 2.05) is 7.05 Å². The zero-order valence-electron chi connectivity index (χ0n) is 17.9. The quantitative estimate of drug-likeness (QED) is 0.580. The third kappa shape index (κ3) is 5.95. The maximum absolute atomic E-state index is 6.16. The third-order valence-corrected chi connectivity index (χ3v) is 6.07. The molecule has 5 heteroatoms. The number of piperidine rings is 1. The summed E-state index contributed by atoms with van der Waals surface area (Å²) in [5.74, 6) is 1.41. The molecule has 2 fully saturated rings. The molecule has 0 amide bonds. The van der Waals surface area contributed by atoms with Gasteiger partial charge in [0, 0.05) is 45.2 Å². The van der Waals surface area contributed by atoms with Gasteiger partial charge in [0.25, 0.3) is 0 Å². The lowest BCUT2D eigenvalue weighted by Crippen LogP contribution is -2.50. The largest absolute Gasteiger partial charge is 0.373 e. The lowest BCUT2D eigenvalue weighted by Gasteiger charge is -2.34. The minimum Gasteiger partial charge on any atom is -0.373 e. The molecule has 28 heavy (non-hydrogen) atoms. The fourth-order valence-electron chi connectivity index (χ4n) is 4.41. The fraction of sp³-hybridized carbons (Fsp3) is 0.696. The molecule has 3 rings (SSSR count). The van der Waals surface area contributed by atoms with Crippen LogP contribution in [0.2, 0.25) is 0 Å². The molecule has 0 radical (unpaired) electrons. The molecule has 2 aliphatic heterocycles. The second-order valence-corrected chi connectivity index (χ2v) is 8.32. The minimum absolute atomic E-state index is 0.178. The molecule has 2 heterocycles. The number of likely N-dealkylation sites (tertiary alicyclic amines) is 1. The van der Waals surface area contributed by atoms with Crippen LogP contribution in [0, 0.1) is 12.8 Å². The van der Waals surface area contributed by atoms with E-state index in [2.05, 4.69) is 58.6 Å². The molecule has 2 N–H and O–H groups in total. The van der Waals surface area contributed by atoms with Crippen LogP contribution in [0.4, 0.5) is 0 Å². The first-order valence-corrected chi connectivity index (χ1v) is 11.1. The Morgan fingerprint density at radius 3 is 2.61 bits per heavy atom. The van der Waals surface area contributed by atoms with Crippen LogP contribution in [0.25, 0.3) is 0 Å². The first-order chi connectivity index (χ1) is 13.7. The second kappa shape index (κ2) is 10.8. The SMILES string of the molecule is CCCN1CCC(NC(=NC)NCC2CCCOC2c2ccc(C)cc2)CC1. The first kappa shape index (κ1) is 21.1. The van der Waals surface area contributed by atoms with E-state index in [-0.39, 0.29) is 6.10 Å². The molecular formula is C23H38N4O. The summed E-state index contributed by atoms with van der Waals surface area (Å²) in [5.41, 5.74) is 2.59. The topological polar surface area (TPSA) is 48.9 Å². The Kier molecular flexibility index (Phi) is 8.16. The van der Waals surface area contributed by atoms with Crippen molar-refractivity contribution in [2.45, 2.75) is 58.1 Å². The Labute approximate surface area is 170 Å². The normalized spacial score (nSPS) is 24.9. The Morgan fingerprint density at radius 2 is 1.93 bits per heavy atom. The predicted octanol–water partition coefficient (Wildman–Crippen LogP) is 3.50. The number of ether oxygens (including phenoxy) is 1. The zero-order chi connectivity index (χ0) is 19.8. The number of nitrogens with zero attached hydrogens (tertiary/aromatic N) is 2. The van der Waals surface area contributed by atoms with Gasteiger partial charge in [0.15, 0.2) is 5.96 Å². The van der Waals surface area contributed by atoms with E-state index in [1.54, 1.807) is 0 Å². The van der Waals surface area contributed by atoms with Gasteiger partial charge in [-0.1, -0.05) is 36.8 Å². The Bertz CT molecular complexity index is 608. The van der Waals surface area contributed by atoms with Crippen LogP contribution < -0.4 is 10.6 Å². The summed E-state index contributed by atoms with van der Waals surface area (Å²) in [7, 11) is 1.87. The Hall–Kier alpha value is -1.59. The molecule has 5 nitrogen and oxygen atoms in total. The van der Waals surface area contributed by atoms with Crippen LogP contribution in [0.5, 0.6) is 0 Å². The van der Waals surface area contributed by atoms with Crippen molar-refractivity contribution in [3.8, 4) is 0 Å². The highest BCUT2D eigenvalue weighted by Crippen LogP contribution is 2.33. The number of aliphatic imine (C=N–C) groups is 1. The van der Waals surface area contributed by atoms with E-state index in [0.717, 1.165) is 25.5 Å². The highest BCUT2D eigenvalue weighted by Gasteiger charge is 2.28. The number of nitrogens with one attached hydrogen (secondary N) is 2. The van der Waals surface area contributed by atoms with E-state index in [4.69, 9.17) is 4.74 Å². The summed E-state index contributed by atoms with van der Waals surface area (Å²) < 4.78 is 6.16. The third-order valence-electron chi connectivity index (χ3n) is 6.07. The van der Waals surface area contributed by atoms with E-state index in [9.17, 15) is 0 Å². The summed E-state index contributed by atoms with van der Waals surface area (Å²) in [4.78, 5) is 7.04. The molecule has 1 aromatic carbocycles. The number of guanidine groups is 1. The lowest BCUT2D eigenvalue weighted by molar-refractivity contribution is -0.0265. The van der Waals surface area contributed by atoms with Gasteiger partial charge in [0.1, 0.15) is 0 Å². The summed E-state index contributed by atoms with van der Waals surface area (Å²) in [5, 5.41) is 7.22. The number of hydrogen-bond donors (Lipinski definition) is 2. The van der Waals surface area contributed by atoms with E-state index in [1.165, 1.54) is 56.4 Å². The van der Waals surface area contributed by atoms with Crippen LogP contribution in [0.3, 0.4) is 0 Å². The van der Waals surface area contributed by atoms with Gasteiger partial charge < -0.3 is 20.3 Å². The average molecular weight is 387 g/mol. The number of aryl methyl sites for hydroxylation is 1. The smallest absolute Gasteiger partial charge is 0.191 e. The van der Waals surface area contributed by atoms with Crippen molar-refractivity contribution in [3.05, 3.63) is 35.4 Å². The molecule has 2 aliphatic rings. The van der Waals surface area contributed by atoms with Crippen molar-refractivity contribution >= 4 is 5.96 Å². The number of rotatable bonds is 6. The molecule has 156 valence electrons. The van der Waals surface area contributed by atoms with Gasteiger partial charge in [0.05, 0.1) is 6.10 Å². The van der Waals surface area contributed by atoms with Crippen LogP contribution in [0.1, 0.15) is 56.3 Å². The zero-order valence-corrected chi connectivity index (χ0v) is 17.9. The number of benzene rings is 1. The van der Waals surface area contributed by atoms with E-state index < -0.39 is 0 Å². The van der Waals surface area contributed by atoms with Crippen molar-refractivity contribution < 1.29 is 4.74 Å². The molecule has 2 atom stereocenters. The molecule has 0 aliphatic carbocycles. The Balaban J connectivity index is 1.50. The van der Waals surface area contributed by atoms with Gasteiger partial charge in [-0.2, -0.15) is 0 Å². The van der Waals surface area contributed by atoms with Crippen molar-refractivity contribution in [2.75, 3.05) is 39.8 Å². The van der Waals surface area contributed by atoms with Gasteiger partial charge >= 0.3 is 0 Å². The summed E-state index contributed by atoms with van der Waals surface area (Å²) >= 11 is 0. The summed E-state index contributed by atoms with van der Waals surface area (Å²) in [6.45, 7) is 9.75. The van der Waals surface area contributed by atoms with Crippen molar-refractivity contribution in [1.29, 1.82) is 0 Å². The minimum atomic E-state index is 0.178. The van der Waals surface area contributed by atoms with Crippen LogP contribution in [0.15, 0.2) is 29.3 Å². The molecule has 2 unspecified atom stereocenters. The summed E-state index contributed by atoms with van der Waals surface area (Å²) in [6, 6.07) is 9.33. The molecule has 1 aromatic rings. The van der Waals surface area contributed by atoms with Crippen LogP contribution in [-0.2, 0) is 4.74 Å². The van der Waals surface area contributed by atoms with Crippen molar-refractivity contribution in [1.82, 2.24) is 15.5 Å². The van der Waals surface area contributed by atoms with Gasteiger partial charge in [-0.15, -0.1) is 0 Å². The highest BCUT2D eigenvalue weighted by atomic mass is 16.5. The fourth-order valence-corrected chi connectivity index (χ4v) is 4.41. The maximum atomic E-state index is 6.16. The summed E-state index contributed by atoms with van der Waals surface area (Å²) in [6.07, 6.45) is 6.14. The van der Waals surface area contributed by atoms with Crippen LogP contribution in [-0.4, -0.2) is 56.7 Å². The Morgan fingerprint density at radius 1 is 1.18 bits per heavy atom. The average Bonchev–Trinajstić information content (AvgIpc) is 2.73. The molecule has 0 aromatic heterocycles. The van der Waals surface area contributed by atoms with Gasteiger partial charge in [-0.3, -0.25) is 4.99 Å². The van der Waals surface area contributed by atoms with Gasteiger partial charge in [-0.05, 0) is 51.1 Å². The van der Waals surface area contributed by atoms with E-state index >= 15 is 0 Å². The molecule has 0 bridgehead atoms. The molecule has 0 spiro atoms. The second-order valence-electron chi connectivity index (χ2n) is 8.32. The predicted molar refractivity (Wildman–Crippen MR) is 117 cm³/mol. The molecule has 0 saturated carbocycles. The molecule has 2 saturated heterocycles. The van der Waals surface area contributed by atoms with Crippen molar-refractivity contribution in [3.63, 3.8) is 0 Å².